The molecule has 3 rings (SSSR count). The van der Waals surface area contributed by atoms with E-state index < -0.39 is 10.0 Å². The summed E-state index contributed by atoms with van der Waals surface area (Å²) < 4.78 is 27.1. The predicted octanol–water partition coefficient (Wildman–Crippen LogP) is 1.97. The van der Waals surface area contributed by atoms with E-state index in [1.165, 1.54) is 24.0 Å². The van der Waals surface area contributed by atoms with Crippen molar-refractivity contribution in [3.63, 3.8) is 0 Å². The maximum atomic E-state index is 12.7. The van der Waals surface area contributed by atoms with E-state index >= 15 is 0 Å². The Hall–Kier alpha value is -0.620. The highest BCUT2D eigenvalue weighted by molar-refractivity contribution is 7.89. The fraction of sp³-hybridized carbons (Fsp3) is 0.600. The largest absolute Gasteiger partial charge is 0.315 e. The standard InChI is InChI=1S/C15H22N2O2S.ClH/c18-20(19,17-10-3-8-16-9-11-17)15-7-6-13-4-1-2-5-14(13)12-15;/h6-7,12,16H,1-5,8-11H2;1H. The highest BCUT2D eigenvalue weighted by atomic mass is 35.5. The van der Waals surface area contributed by atoms with Crippen molar-refractivity contribution in [2.75, 3.05) is 26.2 Å². The van der Waals surface area contributed by atoms with Crippen molar-refractivity contribution in [2.24, 2.45) is 0 Å². The molecule has 1 aliphatic heterocycles. The Bertz CT molecular complexity index is 581. The molecule has 0 bridgehead atoms. The van der Waals surface area contributed by atoms with Gasteiger partial charge >= 0.3 is 0 Å². The number of hydrogen-bond donors (Lipinski definition) is 1. The molecule has 0 radical (unpaired) electrons. The number of benzene rings is 1. The Morgan fingerprint density at radius 3 is 2.52 bits per heavy atom. The lowest BCUT2D eigenvalue weighted by Crippen LogP contribution is -2.34. The molecule has 0 unspecified atom stereocenters. The second-order valence-electron chi connectivity index (χ2n) is 5.65. The van der Waals surface area contributed by atoms with Crippen LogP contribution in [0.15, 0.2) is 23.1 Å². The van der Waals surface area contributed by atoms with Gasteiger partial charge in [-0.05, 0) is 61.9 Å². The first-order valence-corrected chi connectivity index (χ1v) is 8.94. The summed E-state index contributed by atoms with van der Waals surface area (Å²) in [5.74, 6) is 0. The first-order chi connectivity index (χ1) is 9.68. The van der Waals surface area contributed by atoms with Crippen LogP contribution < -0.4 is 5.32 Å². The van der Waals surface area contributed by atoms with E-state index in [0.29, 0.717) is 18.0 Å². The second kappa shape index (κ2) is 7.09. The van der Waals surface area contributed by atoms with E-state index in [1.807, 2.05) is 12.1 Å². The molecule has 1 N–H and O–H groups in total. The topological polar surface area (TPSA) is 49.4 Å². The van der Waals surface area contributed by atoms with Crippen molar-refractivity contribution in [3.8, 4) is 0 Å². The van der Waals surface area contributed by atoms with Crippen LogP contribution in [0.25, 0.3) is 0 Å². The van der Waals surface area contributed by atoms with Crippen LogP contribution in [-0.2, 0) is 22.9 Å². The zero-order valence-electron chi connectivity index (χ0n) is 12.2. The molecule has 4 nitrogen and oxygen atoms in total. The third-order valence-electron chi connectivity index (χ3n) is 4.26. The van der Waals surface area contributed by atoms with E-state index in [-0.39, 0.29) is 12.4 Å². The minimum absolute atomic E-state index is 0. The zero-order chi connectivity index (χ0) is 14.0. The number of halogens is 1. The molecular formula is C15H23ClN2O2S. The summed E-state index contributed by atoms with van der Waals surface area (Å²) in [4.78, 5) is 0.472. The lowest BCUT2D eigenvalue weighted by molar-refractivity contribution is 0.432. The Morgan fingerprint density at radius 1 is 0.952 bits per heavy atom. The van der Waals surface area contributed by atoms with Crippen molar-refractivity contribution in [1.29, 1.82) is 0 Å². The van der Waals surface area contributed by atoms with Gasteiger partial charge in [-0.1, -0.05) is 6.07 Å². The zero-order valence-corrected chi connectivity index (χ0v) is 13.8. The molecular weight excluding hydrogens is 308 g/mol. The quantitative estimate of drug-likeness (QED) is 0.902. The Labute approximate surface area is 133 Å². The number of hydrogen-bond acceptors (Lipinski definition) is 3. The average molecular weight is 331 g/mol. The van der Waals surface area contributed by atoms with E-state index in [4.69, 9.17) is 0 Å². The third kappa shape index (κ3) is 3.59. The Balaban J connectivity index is 0.00000161. The van der Waals surface area contributed by atoms with E-state index in [0.717, 1.165) is 32.4 Å². The monoisotopic (exact) mass is 330 g/mol. The fourth-order valence-electron chi connectivity index (χ4n) is 3.08. The van der Waals surface area contributed by atoms with Gasteiger partial charge in [0.05, 0.1) is 4.90 Å². The molecule has 21 heavy (non-hydrogen) atoms. The lowest BCUT2D eigenvalue weighted by atomic mass is 9.92. The Kier molecular flexibility index (Phi) is 5.66. The molecule has 0 spiro atoms. The van der Waals surface area contributed by atoms with Crippen LogP contribution in [-0.4, -0.2) is 38.9 Å². The number of sulfonamides is 1. The van der Waals surface area contributed by atoms with Gasteiger partial charge in [-0.25, -0.2) is 8.42 Å². The molecule has 1 saturated heterocycles. The van der Waals surface area contributed by atoms with Gasteiger partial charge in [0.15, 0.2) is 0 Å². The normalized spacial score (nSPS) is 20.2. The average Bonchev–Trinajstić information content (AvgIpc) is 2.76. The summed E-state index contributed by atoms with van der Waals surface area (Å²) in [5.41, 5.74) is 2.55. The minimum Gasteiger partial charge on any atom is -0.315 e. The fourth-order valence-corrected chi connectivity index (χ4v) is 4.61. The molecule has 1 aromatic rings. The maximum absolute atomic E-state index is 12.7. The summed E-state index contributed by atoms with van der Waals surface area (Å²) in [6, 6.07) is 5.71. The van der Waals surface area contributed by atoms with Gasteiger partial charge in [0.1, 0.15) is 0 Å². The smallest absolute Gasteiger partial charge is 0.243 e. The second-order valence-corrected chi connectivity index (χ2v) is 7.58. The van der Waals surface area contributed by atoms with Crippen LogP contribution in [0.2, 0.25) is 0 Å². The van der Waals surface area contributed by atoms with Gasteiger partial charge in [-0.3, -0.25) is 0 Å². The van der Waals surface area contributed by atoms with Gasteiger partial charge in [-0.2, -0.15) is 4.31 Å². The van der Waals surface area contributed by atoms with Gasteiger partial charge in [-0.15, -0.1) is 12.4 Å². The van der Waals surface area contributed by atoms with E-state index in [1.54, 1.807) is 10.4 Å². The molecule has 1 heterocycles. The van der Waals surface area contributed by atoms with Crippen LogP contribution in [0, 0.1) is 0 Å². The van der Waals surface area contributed by atoms with Gasteiger partial charge in [0, 0.05) is 19.6 Å². The summed E-state index contributed by atoms with van der Waals surface area (Å²) >= 11 is 0. The van der Waals surface area contributed by atoms with E-state index in [2.05, 4.69) is 5.32 Å². The summed E-state index contributed by atoms with van der Waals surface area (Å²) in [5, 5.41) is 3.24. The molecule has 0 aromatic heterocycles. The third-order valence-corrected chi connectivity index (χ3v) is 6.15. The van der Waals surface area contributed by atoms with Crippen molar-refractivity contribution >= 4 is 22.4 Å². The summed E-state index contributed by atoms with van der Waals surface area (Å²) in [6.45, 7) is 2.83. The number of fused-ring (bicyclic) bond motifs is 1. The summed E-state index contributed by atoms with van der Waals surface area (Å²) in [6.07, 6.45) is 5.37. The molecule has 0 atom stereocenters. The van der Waals surface area contributed by atoms with Gasteiger partial charge < -0.3 is 5.32 Å². The maximum Gasteiger partial charge on any atom is 0.243 e. The summed E-state index contributed by atoms with van der Waals surface area (Å²) in [7, 11) is -3.33. The minimum atomic E-state index is -3.33. The number of rotatable bonds is 2. The lowest BCUT2D eigenvalue weighted by Gasteiger charge is -2.22. The molecule has 0 amide bonds. The van der Waals surface area contributed by atoms with Crippen molar-refractivity contribution in [3.05, 3.63) is 29.3 Å². The van der Waals surface area contributed by atoms with Crippen LogP contribution in [0.1, 0.15) is 30.4 Å². The van der Waals surface area contributed by atoms with E-state index in [9.17, 15) is 8.42 Å². The Morgan fingerprint density at radius 2 is 1.71 bits per heavy atom. The van der Waals surface area contributed by atoms with Crippen LogP contribution in [0.5, 0.6) is 0 Å². The van der Waals surface area contributed by atoms with Crippen molar-refractivity contribution in [1.82, 2.24) is 9.62 Å². The van der Waals surface area contributed by atoms with Gasteiger partial charge in [0.2, 0.25) is 10.0 Å². The molecule has 1 aromatic carbocycles. The first-order valence-electron chi connectivity index (χ1n) is 7.50. The van der Waals surface area contributed by atoms with Crippen molar-refractivity contribution < 1.29 is 8.42 Å². The predicted molar refractivity (Wildman–Crippen MR) is 86.6 cm³/mol. The highest BCUT2D eigenvalue weighted by Gasteiger charge is 2.26. The highest BCUT2D eigenvalue weighted by Crippen LogP contribution is 2.25. The van der Waals surface area contributed by atoms with Crippen LogP contribution >= 0.6 is 12.4 Å². The molecule has 2 aliphatic rings. The molecule has 1 fully saturated rings. The SMILES string of the molecule is Cl.O=S(=O)(c1ccc2c(c1)CCCC2)N1CCCNCC1. The molecule has 118 valence electrons. The number of aryl methyl sites for hydroxylation is 2. The molecule has 0 saturated carbocycles. The van der Waals surface area contributed by atoms with Crippen LogP contribution in [0.4, 0.5) is 0 Å². The van der Waals surface area contributed by atoms with Gasteiger partial charge in [0.25, 0.3) is 0 Å². The molecule has 1 aliphatic carbocycles. The van der Waals surface area contributed by atoms with Crippen LogP contribution in [0.3, 0.4) is 0 Å². The number of nitrogens with zero attached hydrogens (tertiary/aromatic N) is 1. The first kappa shape index (κ1) is 16.7. The van der Waals surface area contributed by atoms with Crippen molar-refractivity contribution in [2.45, 2.75) is 37.0 Å². The molecule has 6 heteroatoms. The number of nitrogens with one attached hydrogen (secondary N) is 1.